The highest BCUT2D eigenvalue weighted by molar-refractivity contribution is 7.80. The van der Waals surface area contributed by atoms with Crippen LogP contribution in [0.3, 0.4) is 0 Å². The van der Waals surface area contributed by atoms with Crippen molar-refractivity contribution in [2.45, 2.75) is 38.9 Å². The van der Waals surface area contributed by atoms with E-state index in [-0.39, 0.29) is 10.9 Å². The van der Waals surface area contributed by atoms with Crippen molar-refractivity contribution >= 4 is 36.1 Å². The maximum atomic E-state index is 10.1. The van der Waals surface area contributed by atoms with Crippen LogP contribution < -0.4 is 16.6 Å². The predicted molar refractivity (Wildman–Crippen MR) is 91.3 cm³/mol. The number of benzene rings is 1. The van der Waals surface area contributed by atoms with E-state index in [9.17, 15) is 5.11 Å². The molecule has 1 saturated heterocycles. The molecule has 2 rings (SSSR count). The zero-order chi connectivity index (χ0) is 16.5. The summed E-state index contributed by atoms with van der Waals surface area (Å²) in [6.45, 7) is 7.84. The molecule has 0 unspecified atom stereocenters. The highest BCUT2D eigenvalue weighted by Crippen LogP contribution is 2.37. The Morgan fingerprint density at radius 2 is 1.91 bits per heavy atom. The number of nitrogens with two attached hydrogens (primary N) is 1. The zero-order valence-electron chi connectivity index (χ0n) is 13.1. The summed E-state index contributed by atoms with van der Waals surface area (Å²) in [5.74, 6) is 0.109. The molecule has 0 atom stereocenters. The van der Waals surface area contributed by atoms with Gasteiger partial charge in [0.25, 0.3) is 0 Å². The van der Waals surface area contributed by atoms with Crippen molar-refractivity contribution in [3.05, 3.63) is 23.8 Å². The molecule has 4 N–H and O–H groups in total. The highest BCUT2D eigenvalue weighted by Gasteiger charge is 2.52. The van der Waals surface area contributed by atoms with Crippen molar-refractivity contribution in [2.24, 2.45) is 10.8 Å². The SMILES string of the molecule is CC1(C)OB(c2cc(C=NNC(N)=S)ccc2O)OC1(C)C. The van der Waals surface area contributed by atoms with Gasteiger partial charge in [0, 0.05) is 5.46 Å². The number of hydrogen-bond acceptors (Lipinski definition) is 5. The summed E-state index contributed by atoms with van der Waals surface area (Å²) in [5.41, 5.74) is 8.14. The molecule has 0 aliphatic carbocycles. The van der Waals surface area contributed by atoms with E-state index in [4.69, 9.17) is 15.0 Å². The van der Waals surface area contributed by atoms with Gasteiger partial charge in [-0.3, -0.25) is 5.43 Å². The van der Waals surface area contributed by atoms with Gasteiger partial charge in [-0.15, -0.1) is 0 Å². The van der Waals surface area contributed by atoms with Crippen LogP contribution in [0.25, 0.3) is 0 Å². The molecule has 0 bridgehead atoms. The minimum absolute atomic E-state index is 0.0845. The monoisotopic (exact) mass is 321 g/mol. The molecule has 1 aliphatic heterocycles. The Labute approximate surface area is 135 Å². The Balaban J connectivity index is 2.25. The van der Waals surface area contributed by atoms with Crippen molar-refractivity contribution in [1.29, 1.82) is 0 Å². The van der Waals surface area contributed by atoms with Gasteiger partial charge in [0.1, 0.15) is 5.75 Å². The van der Waals surface area contributed by atoms with Gasteiger partial charge >= 0.3 is 7.12 Å². The lowest BCUT2D eigenvalue weighted by Gasteiger charge is -2.32. The summed E-state index contributed by atoms with van der Waals surface area (Å²) in [6.07, 6.45) is 1.55. The fourth-order valence-corrected chi connectivity index (χ4v) is 2.04. The fourth-order valence-electron chi connectivity index (χ4n) is 1.98. The molecule has 0 amide bonds. The summed E-state index contributed by atoms with van der Waals surface area (Å²) >= 11 is 4.67. The molecule has 1 aliphatic rings. The normalized spacial score (nSPS) is 19.5. The lowest BCUT2D eigenvalue weighted by atomic mass is 9.77. The molecule has 1 aromatic rings. The van der Waals surface area contributed by atoms with Crippen LogP contribution in [0.2, 0.25) is 0 Å². The molecule has 0 spiro atoms. The van der Waals surface area contributed by atoms with Crippen molar-refractivity contribution in [3.63, 3.8) is 0 Å². The fraction of sp³-hybridized carbons (Fsp3) is 0.429. The predicted octanol–water partition coefficient (Wildman–Crippen LogP) is 0.858. The molecule has 6 nitrogen and oxygen atoms in total. The average molecular weight is 321 g/mol. The molecule has 1 fully saturated rings. The third-order valence-electron chi connectivity index (χ3n) is 3.95. The molecule has 0 saturated carbocycles. The van der Waals surface area contributed by atoms with Crippen molar-refractivity contribution in [2.75, 3.05) is 0 Å². The third kappa shape index (κ3) is 3.40. The summed E-state index contributed by atoms with van der Waals surface area (Å²) in [4.78, 5) is 0. The number of phenolic OH excluding ortho intramolecular Hbond substituents is 1. The van der Waals surface area contributed by atoms with Gasteiger partial charge in [-0.25, -0.2) is 0 Å². The first-order valence-corrected chi connectivity index (χ1v) is 7.30. The van der Waals surface area contributed by atoms with Crippen LogP contribution in [0.15, 0.2) is 23.3 Å². The molecular weight excluding hydrogens is 301 g/mol. The highest BCUT2D eigenvalue weighted by atomic mass is 32.1. The van der Waals surface area contributed by atoms with E-state index in [1.165, 1.54) is 0 Å². The maximum Gasteiger partial charge on any atom is 0.498 e. The van der Waals surface area contributed by atoms with Crippen LogP contribution in [0.4, 0.5) is 0 Å². The summed E-state index contributed by atoms with van der Waals surface area (Å²) in [5, 5.41) is 14.1. The van der Waals surface area contributed by atoms with Crippen molar-refractivity contribution in [1.82, 2.24) is 5.43 Å². The Kier molecular flexibility index (Phi) is 4.46. The summed E-state index contributed by atoms with van der Waals surface area (Å²) < 4.78 is 11.9. The molecule has 1 aromatic carbocycles. The Morgan fingerprint density at radius 1 is 1.32 bits per heavy atom. The number of aromatic hydroxyl groups is 1. The van der Waals surface area contributed by atoms with E-state index >= 15 is 0 Å². The number of hydrogen-bond donors (Lipinski definition) is 3. The van der Waals surface area contributed by atoms with Crippen molar-refractivity contribution < 1.29 is 14.4 Å². The van der Waals surface area contributed by atoms with Crippen molar-refractivity contribution in [3.8, 4) is 5.75 Å². The Morgan fingerprint density at radius 3 is 2.45 bits per heavy atom. The van der Waals surface area contributed by atoms with E-state index in [0.717, 1.165) is 5.56 Å². The number of nitrogens with one attached hydrogen (secondary N) is 1. The average Bonchev–Trinajstić information content (AvgIpc) is 2.60. The van der Waals surface area contributed by atoms with Gasteiger partial charge in [0.15, 0.2) is 5.11 Å². The van der Waals surface area contributed by atoms with Crippen LogP contribution >= 0.6 is 12.2 Å². The first kappa shape index (κ1) is 16.7. The molecule has 0 aromatic heterocycles. The standard InChI is InChI=1S/C14H20BN3O3S/c1-13(2)14(3,4)21-15(20-13)10-7-9(5-6-11(10)19)8-17-18-12(16)22/h5-8,19H,1-4H3,(H3,16,18,22). The molecule has 118 valence electrons. The van der Waals surface area contributed by atoms with Gasteiger partial charge in [-0.1, -0.05) is 0 Å². The lowest BCUT2D eigenvalue weighted by molar-refractivity contribution is 0.00578. The van der Waals surface area contributed by atoms with Crippen LogP contribution in [0, 0.1) is 0 Å². The van der Waals surface area contributed by atoms with Crippen LogP contribution in [-0.4, -0.2) is 34.8 Å². The van der Waals surface area contributed by atoms with Crippen LogP contribution in [0.5, 0.6) is 5.75 Å². The van der Waals surface area contributed by atoms with E-state index in [1.807, 2.05) is 27.7 Å². The lowest BCUT2D eigenvalue weighted by Crippen LogP contribution is -2.41. The first-order valence-electron chi connectivity index (χ1n) is 6.89. The molecule has 1 heterocycles. The number of rotatable bonds is 3. The molecule has 22 heavy (non-hydrogen) atoms. The van der Waals surface area contributed by atoms with Gasteiger partial charge < -0.3 is 20.1 Å². The second-order valence-electron chi connectivity index (χ2n) is 6.14. The molecule has 8 heteroatoms. The maximum absolute atomic E-state index is 10.1. The summed E-state index contributed by atoms with van der Waals surface area (Å²) in [6, 6.07) is 5.04. The smallest absolute Gasteiger partial charge is 0.498 e. The minimum atomic E-state index is -0.637. The molecule has 0 radical (unpaired) electrons. The van der Waals surface area contributed by atoms with Crippen LogP contribution in [0.1, 0.15) is 33.3 Å². The number of nitrogens with zero attached hydrogens (tertiary/aromatic N) is 1. The van der Waals surface area contributed by atoms with Gasteiger partial charge in [0.05, 0.1) is 17.4 Å². The van der Waals surface area contributed by atoms with Crippen LogP contribution in [-0.2, 0) is 9.31 Å². The van der Waals surface area contributed by atoms with E-state index < -0.39 is 18.3 Å². The Hall–Kier alpha value is -1.64. The summed E-state index contributed by atoms with van der Waals surface area (Å²) in [7, 11) is -0.637. The second kappa shape index (κ2) is 5.87. The van der Waals surface area contributed by atoms with E-state index in [2.05, 4.69) is 22.7 Å². The minimum Gasteiger partial charge on any atom is -0.508 e. The van der Waals surface area contributed by atoms with Gasteiger partial charge in [-0.05, 0) is 63.7 Å². The molecular formula is C14H20BN3O3S. The Bertz CT molecular complexity index is 603. The number of thiocarbonyl (C=S) groups is 1. The van der Waals surface area contributed by atoms with Gasteiger partial charge in [0.2, 0.25) is 0 Å². The largest absolute Gasteiger partial charge is 0.508 e. The van der Waals surface area contributed by atoms with E-state index in [1.54, 1.807) is 24.4 Å². The van der Waals surface area contributed by atoms with Gasteiger partial charge in [-0.2, -0.15) is 5.10 Å². The topological polar surface area (TPSA) is 89.1 Å². The third-order valence-corrected chi connectivity index (χ3v) is 4.04. The first-order chi connectivity index (χ1) is 10.1. The second-order valence-corrected chi connectivity index (χ2v) is 6.58. The number of hydrazone groups is 1. The van der Waals surface area contributed by atoms with E-state index in [0.29, 0.717) is 5.46 Å². The number of phenols is 1. The quantitative estimate of drug-likeness (QED) is 0.331. The zero-order valence-corrected chi connectivity index (χ0v) is 13.9.